The number of methoxy groups -OCH3 is 1. The number of nitrogens with zero attached hydrogens (tertiary/aromatic N) is 2. The molecule has 1 aliphatic heterocycles. The van der Waals surface area contributed by atoms with E-state index < -0.39 is 11.8 Å². The van der Waals surface area contributed by atoms with Crippen LogP contribution in [0.3, 0.4) is 0 Å². The number of hydrogen-bond donors (Lipinski definition) is 2. The van der Waals surface area contributed by atoms with Gasteiger partial charge in [-0.05, 0) is 85.4 Å². The molecule has 2 aromatic carbocycles. The maximum atomic E-state index is 14.6. The first-order valence-corrected chi connectivity index (χ1v) is 19.2. The number of unbranched alkanes of at least 4 members (excludes halogenated alkanes) is 2. The average molecular weight is 731 g/mol. The van der Waals surface area contributed by atoms with Gasteiger partial charge in [-0.25, -0.2) is 0 Å². The normalized spacial score (nSPS) is 25.0. The monoisotopic (exact) mass is 730 g/mol. The standard InChI is InChI=1S/C43H58N2O8/c1-6-20-45(40(48)26-30-14-13-16-32(25-30)49-4)39-29-37(44-50-5)35-27-31(15-9-11-21-46)34(17-10-12-22-47)41-36-28-33(51-23-7-2)18-19-38(36)53-43(39,42(35)41)52-24-8-3/h7-8,13-14,16,18-19,25,27-28,31,34,39,41-42,46-47H,2-3,6,9-12,15,17,20-24,26,29H2,1,4-5H3. The maximum Gasteiger partial charge on any atom is 0.239 e. The lowest BCUT2D eigenvalue weighted by atomic mass is 9.55. The maximum absolute atomic E-state index is 14.6. The number of aliphatic hydroxyl groups excluding tert-OH is 2. The Morgan fingerprint density at radius 3 is 2.49 bits per heavy atom. The molecule has 3 aliphatic rings. The molecule has 1 heterocycles. The summed E-state index contributed by atoms with van der Waals surface area (Å²) in [6.45, 7) is 11.2. The van der Waals surface area contributed by atoms with Crippen molar-refractivity contribution in [3.8, 4) is 17.2 Å². The van der Waals surface area contributed by atoms with Crippen molar-refractivity contribution >= 4 is 11.6 Å². The number of carbonyl (C=O) groups excluding carboxylic acids is 1. The van der Waals surface area contributed by atoms with Crippen molar-refractivity contribution in [3.63, 3.8) is 0 Å². The molecule has 0 spiro atoms. The molecule has 10 nitrogen and oxygen atoms in total. The van der Waals surface area contributed by atoms with Crippen LogP contribution >= 0.6 is 0 Å². The van der Waals surface area contributed by atoms with Gasteiger partial charge in [0.2, 0.25) is 11.7 Å². The first kappa shape index (κ1) is 40.1. The predicted octanol–water partition coefficient (Wildman–Crippen LogP) is 7.00. The molecule has 6 unspecified atom stereocenters. The lowest BCUT2D eigenvalue weighted by molar-refractivity contribution is -0.257. The molecule has 1 amide bonds. The number of carbonyl (C=O) groups is 1. The number of amides is 1. The zero-order valence-electron chi connectivity index (χ0n) is 31.7. The second kappa shape index (κ2) is 19.3. The van der Waals surface area contributed by atoms with Crippen LogP contribution < -0.4 is 14.2 Å². The molecule has 0 saturated heterocycles. The minimum Gasteiger partial charge on any atom is -0.497 e. The van der Waals surface area contributed by atoms with Crippen LogP contribution in [0, 0.1) is 17.8 Å². The molecular formula is C43H58N2O8. The van der Waals surface area contributed by atoms with E-state index in [1.807, 2.05) is 41.3 Å². The van der Waals surface area contributed by atoms with Crippen molar-refractivity contribution in [1.29, 1.82) is 0 Å². The molecule has 2 aliphatic carbocycles. The van der Waals surface area contributed by atoms with Crippen molar-refractivity contribution in [3.05, 3.63) is 90.6 Å². The van der Waals surface area contributed by atoms with Crippen LogP contribution in [0.25, 0.3) is 0 Å². The molecule has 53 heavy (non-hydrogen) atoms. The second-order valence-corrected chi connectivity index (χ2v) is 14.2. The van der Waals surface area contributed by atoms with Crippen molar-refractivity contribution in [2.75, 3.05) is 47.2 Å². The third-order valence-electron chi connectivity index (χ3n) is 10.9. The van der Waals surface area contributed by atoms with Gasteiger partial charge in [-0.3, -0.25) is 4.79 Å². The summed E-state index contributed by atoms with van der Waals surface area (Å²) in [5.41, 5.74) is 3.64. The molecule has 2 N–H and O–H groups in total. The quantitative estimate of drug-likeness (QED) is 0.0801. The zero-order valence-corrected chi connectivity index (χ0v) is 31.7. The van der Waals surface area contributed by atoms with Crippen LogP contribution in [-0.2, 0) is 20.8 Å². The van der Waals surface area contributed by atoms with E-state index in [1.165, 1.54) is 0 Å². The van der Waals surface area contributed by atoms with Gasteiger partial charge in [0.05, 0.1) is 31.8 Å². The Labute approximate surface area is 315 Å². The topological polar surface area (TPSA) is 119 Å². The van der Waals surface area contributed by atoms with Crippen LogP contribution in [0.5, 0.6) is 17.2 Å². The van der Waals surface area contributed by atoms with Crippen LogP contribution in [0.4, 0.5) is 0 Å². The highest BCUT2D eigenvalue weighted by Gasteiger charge is 2.65. The fraction of sp³-hybridized carbons (Fsp3) is 0.535. The lowest BCUT2D eigenvalue weighted by Crippen LogP contribution is -2.70. The van der Waals surface area contributed by atoms with Gasteiger partial charge in [0, 0.05) is 37.7 Å². The Morgan fingerprint density at radius 1 is 1.02 bits per heavy atom. The van der Waals surface area contributed by atoms with E-state index in [0.717, 1.165) is 54.5 Å². The molecular weight excluding hydrogens is 672 g/mol. The number of rotatable bonds is 21. The minimum absolute atomic E-state index is 0.0489. The second-order valence-electron chi connectivity index (χ2n) is 14.2. The molecule has 0 bridgehead atoms. The van der Waals surface area contributed by atoms with Gasteiger partial charge in [0.1, 0.15) is 37.0 Å². The Balaban J connectivity index is 1.74. The van der Waals surface area contributed by atoms with E-state index >= 15 is 0 Å². The number of hydrogen-bond acceptors (Lipinski definition) is 9. The fourth-order valence-electron chi connectivity index (χ4n) is 8.76. The average Bonchev–Trinajstić information content (AvgIpc) is 3.17. The summed E-state index contributed by atoms with van der Waals surface area (Å²) in [6, 6.07) is 13.0. The van der Waals surface area contributed by atoms with Crippen molar-refractivity contribution in [1.82, 2.24) is 4.90 Å². The summed E-state index contributed by atoms with van der Waals surface area (Å²) in [5, 5.41) is 24.3. The molecule has 10 heteroatoms. The van der Waals surface area contributed by atoms with Gasteiger partial charge < -0.3 is 38.9 Å². The molecule has 0 aromatic heterocycles. The molecule has 0 radical (unpaired) electrons. The summed E-state index contributed by atoms with van der Waals surface area (Å²) in [4.78, 5) is 22.1. The van der Waals surface area contributed by atoms with Gasteiger partial charge in [-0.15, -0.1) is 6.58 Å². The Bertz CT molecular complexity index is 1610. The summed E-state index contributed by atoms with van der Waals surface area (Å²) in [7, 11) is 3.18. The van der Waals surface area contributed by atoms with E-state index in [4.69, 9.17) is 23.8 Å². The van der Waals surface area contributed by atoms with Gasteiger partial charge in [0.15, 0.2) is 0 Å². The first-order valence-electron chi connectivity index (χ1n) is 19.2. The van der Waals surface area contributed by atoms with Gasteiger partial charge >= 0.3 is 0 Å². The van der Waals surface area contributed by atoms with Gasteiger partial charge in [-0.1, -0.05) is 61.9 Å². The molecule has 2 aromatic rings. The Kier molecular flexibility index (Phi) is 14.6. The summed E-state index contributed by atoms with van der Waals surface area (Å²) < 4.78 is 25.8. The van der Waals surface area contributed by atoms with E-state index in [2.05, 4.69) is 37.4 Å². The highest BCUT2D eigenvalue weighted by Crippen LogP contribution is 2.62. The Hall–Kier alpha value is -4.12. The molecule has 5 rings (SSSR count). The number of aliphatic hydroxyl groups is 2. The third-order valence-corrected chi connectivity index (χ3v) is 10.9. The number of fused-ring (bicyclic) bond motifs is 2. The van der Waals surface area contributed by atoms with Gasteiger partial charge in [0.25, 0.3) is 0 Å². The highest BCUT2D eigenvalue weighted by molar-refractivity contribution is 6.03. The number of benzene rings is 2. The smallest absolute Gasteiger partial charge is 0.239 e. The van der Waals surface area contributed by atoms with E-state index in [-0.39, 0.29) is 55.8 Å². The predicted molar refractivity (Wildman–Crippen MR) is 206 cm³/mol. The van der Waals surface area contributed by atoms with Crippen LogP contribution in [0.15, 0.2) is 84.6 Å². The van der Waals surface area contributed by atoms with Crippen molar-refractivity contribution < 1.29 is 38.8 Å². The van der Waals surface area contributed by atoms with E-state index in [9.17, 15) is 15.0 Å². The van der Waals surface area contributed by atoms with Crippen molar-refractivity contribution in [2.24, 2.45) is 22.9 Å². The van der Waals surface area contributed by atoms with Crippen LogP contribution in [0.1, 0.15) is 75.3 Å². The minimum atomic E-state index is -1.29. The molecule has 1 fully saturated rings. The largest absolute Gasteiger partial charge is 0.497 e. The molecule has 288 valence electrons. The lowest BCUT2D eigenvalue weighted by Gasteiger charge is -2.60. The zero-order chi connectivity index (χ0) is 37.8. The van der Waals surface area contributed by atoms with Crippen molar-refractivity contribution in [2.45, 2.75) is 82.5 Å². The van der Waals surface area contributed by atoms with E-state index in [1.54, 1.807) is 26.4 Å². The van der Waals surface area contributed by atoms with Crippen LogP contribution in [-0.4, -0.2) is 85.8 Å². The fourth-order valence-corrected chi connectivity index (χ4v) is 8.76. The number of ether oxygens (including phenoxy) is 4. The number of oxime groups is 1. The summed E-state index contributed by atoms with van der Waals surface area (Å²) in [6.07, 6.45) is 11.9. The highest BCUT2D eigenvalue weighted by atomic mass is 16.7. The molecule has 6 atom stereocenters. The number of allylic oxidation sites excluding steroid dienone is 1. The van der Waals surface area contributed by atoms with E-state index in [0.29, 0.717) is 49.7 Å². The summed E-state index contributed by atoms with van der Waals surface area (Å²) >= 11 is 0. The van der Waals surface area contributed by atoms with Crippen LogP contribution in [0.2, 0.25) is 0 Å². The Morgan fingerprint density at radius 2 is 1.79 bits per heavy atom. The van der Waals surface area contributed by atoms with Gasteiger partial charge in [-0.2, -0.15) is 0 Å². The molecule has 1 saturated carbocycles. The first-order chi connectivity index (χ1) is 25.9. The third kappa shape index (κ3) is 8.82. The SMILES string of the molecule is C=CCOc1ccc2c(c1)C1C(CCCCO)C(CCCCO)C=C3C(=NOC)CC(N(CCC)C(=O)Cc4cccc(OC)c4)C(OCC=C)(O2)C31. The summed E-state index contributed by atoms with van der Waals surface area (Å²) in [5.74, 6) is 0.561.